The van der Waals surface area contributed by atoms with Gasteiger partial charge in [0.2, 0.25) is 0 Å². The molecule has 0 atom stereocenters. The van der Waals surface area contributed by atoms with Crippen molar-refractivity contribution in [3.63, 3.8) is 0 Å². The van der Waals surface area contributed by atoms with Crippen LogP contribution in [0.2, 0.25) is 0 Å². The van der Waals surface area contributed by atoms with Gasteiger partial charge in [-0.3, -0.25) is 0 Å². The standard InChI is InChI=1S/3C6H5.C5H5NS.Sn/c3*1-2-4-6-5-3-1;7-5-1-3-6-4-2-5;/h3*1-5H;1-4H,(H,6,7);/q;;;;+1/p-1. The summed E-state index contributed by atoms with van der Waals surface area (Å²) in [5.74, 6) is 0. The van der Waals surface area contributed by atoms with Gasteiger partial charge in [-0.2, -0.15) is 0 Å². The van der Waals surface area contributed by atoms with Crippen LogP contribution in [0, 0.1) is 0 Å². The molecule has 4 aromatic rings. The number of nitrogens with zero attached hydrogens (tertiary/aromatic N) is 1. The predicted molar refractivity (Wildman–Crippen MR) is 114 cm³/mol. The fourth-order valence-corrected chi connectivity index (χ4v) is 22.7. The first-order valence-corrected chi connectivity index (χ1v) is 17.2. The van der Waals surface area contributed by atoms with Gasteiger partial charge in [0, 0.05) is 0 Å². The summed E-state index contributed by atoms with van der Waals surface area (Å²) < 4.78 is 4.42. The average molecular weight is 460 g/mol. The van der Waals surface area contributed by atoms with E-state index >= 15 is 0 Å². The molecule has 0 saturated carbocycles. The second-order valence-corrected chi connectivity index (χ2v) is 21.4. The molecular formula is C23H19NSSn. The zero-order valence-corrected chi connectivity index (χ0v) is 18.0. The van der Waals surface area contributed by atoms with Crippen LogP contribution in [0.3, 0.4) is 0 Å². The van der Waals surface area contributed by atoms with Crippen LogP contribution >= 0.6 is 8.95 Å². The summed E-state index contributed by atoms with van der Waals surface area (Å²) in [5, 5.41) is 0. The monoisotopic (exact) mass is 461 g/mol. The van der Waals surface area contributed by atoms with Crippen LogP contribution in [0.25, 0.3) is 0 Å². The van der Waals surface area contributed by atoms with E-state index in [1.54, 1.807) is 0 Å². The first kappa shape index (κ1) is 17.4. The molecule has 0 unspecified atom stereocenters. The van der Waals surface area contributed by atoms with E-state index in [0.29, 0.717) is 0 Å². The van der Waals surface area contributed by atoms with Crippen molar-refractivity contribution in [3.05, 3.63) is 116 Å². The van der Waals surface area contributed by atoms with Crippen LogP contribution in [0.4, 0.5) is 0 Å². The first-order chi connectivity index (χ1) is 12.9. The fourth-order valence-electron chi connectivity index (χ4n) is 3.28. The van der Waals surface area contributed by atoms with Gasteiger partial charge in [0.05, 0.1) is 0 Å². The number of benzene rings is 3. The summed E-state index contributed by atoms with van der Waals surface area (Å²) >= 11 is -3.27. The van der Waals surface area contributed by atoms with Gasteiger partial charge in [-0.1, -0.05) is 0 Å². The number of pyridine rings is 1. The third-order valence-corrected chi connectivity index (χ3v) is 24.5. The van der Waals surface area contributed by atoms with E-state index in [9.17, 15) is 0 Å². The topological polar surface area (TPSA) is 12.9 Å². The van der Waals surface area contributed by atoms with Gasteiger partial charge < -0.3 is 0 Å². The third kappa shape index (κ3) is 3.44. The van der Waals surface area contributed by atoms with Crippen LogP contribution in [0.1, 0.15) is 0 Å². The summed E-state index contributed by atoms with van der Waals surface area (Å²) in [6.45, 7) is 0. The molecule has 4 rings (SSSR count). The predicted octanol–water partition coefficient (Wildman–Crippen LogP) is 3.84. The van der Waals surface area contributed by atoms with Crippen molar-refractivity contribution in [1.82, 2.24) is 4.98 Å². The van der Waals surface area contributed by atoms with Gasteiger partial charge in [0.15, 0.2) is 0 Å². The summed E-state index contributed by atoms with van der Waals surface area (Å²) in [4.78, 5) is 5.49. The first-order valence-electron chi connectivity index (χ1n) is 8.65. The van der Waals surface area contributed by atoms with Gasteiger partial charge in [-0.25, -0.2) is 0 Å². The Morgan fingerprint density at radius 2 is 0.885 bits per heavy atom. The van der Waals surface area contributed by atoms with Crippen molar-refractivity contribution < 1.29 is 0 Å². The van der Waals surface area contributed by atoms with Crippen LogP contribution in [0.5, 0.6) is 0 Å². The number of hydrogen-bond acceptors (Lipinski definition) is 2. The van der Waals surface area contributed by atoms with Crippen LogP contribution in [-0.4, -0.2) is 22.0 Å². The summed E-state index contributed by atoms with van der Waals surface area (Å²) in [5.41, 5.74) is 0. The fraction of sp³-hybridized carbons (Fsp3) is 0. The molecule has 0 bridgehead atoms. The Hall–Kier alpha value is -2.04. The average Bonchev–Trinajstić information content (AvgIpc) is 2.75. The van der Waals surface area contributed by atoms with E-state index in [1.807, 2.05) is 12.4 Å². The maximum absolute atomic E-state index is 4.20. The quantitative estimate of drug-likeness (QED) is 0.420. The Bertz CT molecular complexity index is 848. The number of rotatable bonds is 5. The van der Waals surface area contributed by atoms with E-state index < -0.39 is 17.0 Å². The molecule has 0 spiro atoms. The van der Waals surface area contributed by atoms with E-state index in [0.717, 1.165) is 0 Å². The number of aromatic nitrogens is 1. The Labute approximate surface area is 161 Å². The third-order valence-electron chi connectivity index (χ3n) is 4.46. The molecule has 0 aliphatic rings. The summed E-state index contributed by atoms with van der Waals surface area (Å²) in [7, 11) is 2.07. The molecule has 0 amide bonds. The molecule has 3 aromatic carbocycles. The maximum atomic E-state index is 4.20. The molecule has 0 radical (unpaired) electrons. The molecule has 126 valence electrons. The van der Waals surface area contributed by atoms with Crippen molar-refractivity contribution in [2.75, 3.05) is 0 Å². The molecule has 1 nitrogen and oxygen atoms in total. The van der Waals surface area contributed by atoms with Crippen LogP contribution in [-0.2, 0) is 0 Å². The normalized spacial score (nSPS) is 11.2. The minimum atomic E-state index is -3.27. The van der Waals surface area contributed by atoms with Crippen molar-refractivity contribution in [3.8, 4) is 0 Å². The Kier molecular flexibility index (Phi) is 5.42. The molecule has 3 heteroatoms. The zero-order chi connectivity index (χ0) is 17.7. The van der Waals surface area contributed by atoms with E-state index in [2.05, 4.69) is 117 Å². The SMILES string of the molecule is c1cc[c]([Sn]([S]c2ccncc2)([c]2ccccc2)[c]2ccccc2)cc1. The molecular weight excluding hydrogens is 441 g/mol. The van der Waals surface area contributed by atoms with Crippen molar-refractivity contribution >= 4 is 36.7 Å². The molecule has 0 aliphatic carbocycles. The molecule has 26 heavy (non-hydrogen) atoms. The molecule has 0 fully saturated rings. The van der Waals surface area contributed by atoms with Crippen LogP contribution in [0.15, 0.2) is 120 Å². The van der Waals surface area contributed by atoms with Gasteiger partial charge in [-0.15, -0.1) is 0 Å². The van der Waals surface area contributed by atoms with E-state index in [-0.39, 0.29) is 0 Å². The van der Waals surface area contributed by atoms with E-state index in [1.165, 1.54) is 15.6 Å². The zero-order valence-electron chi connectivity index (χ0n) is 14.3. The molecule has 0 saturated heterocycles. The molecule has 0 aliphatic heterocycles. The number of hydrogen-bond donors (Lipinski definition) is 0. The van der Waals surface area contributed by atoms with Crippen molar-refractivity contribution in [1.29, 1.82) is 0 Å². The Morgan fingerprint density at radius 3 is 1.27 bits per heavy atom. The van der Waals surface area contributed by atoms with E-state index in [4.69, 9.17) is 0 Å². The molecule has 1 heterocycles. The molecule has 1 aromatic heterocycles. The van der Waals surface area contributed by atoms with Gasteiger partial charge >= 0.3 is 162 Å². The van der Waals surface area contributed by atoms with Crippen molar-refractivity contribution in [2.24, 2.45) is 0 Å². The Balaban J connectivity index is 2.00. The molecule has 0 N–H and O–H groups in total. The second-order valence-electron chi connectivity index (χ2n) is 6.06. The minimum absolute atomic E-state index is 1.28. The second kappa shape index (κ2) is 8.10. The van der Waals surface area contributed by atoms with Gasteiger partial charge in [-0.05, 0) is 0 Å². The van der Waals surface area contributed by atoms with Gasteiger partial charge in [0.25, 0.3) is 0 Å². The Morgan fingerprint density at radius 1 is 0.500 bits per heavy atom. The summed E-state index contributed by atoms with van der Waals surface area (Å²) in [6, 6.07) is 37.4. The van der Waals surface area contributed by atoms with Crippen molar-refractivity contribution in [2.45, 2.75) is 4.90 Å². The van der Waals surface area contributed by atoms with Crippen LogP contribution < -0.4 is 10.7 Å². The summed E-state index contributed by atoms with van der Waals surface area (Å²) in [6.07, 6.45) is 3.78. The van der Waals surface area contributed by atoms with Gasteiger partial charge in [0.1, 0.15) is 0 Å².